The van der Waals surface area contributed by atoms with Gasteiger partial charge in [-0.1, -0.05) is 20.8 Å². The minimum atomic E-state index is -0.0142. The maximum absolute atomic E-state index is 12.4. The SMILES string of the molecule is CC(C)(C)c1ccc(OCC2CCN(C(=O)c3ccncc3)CC2)nn1. The average Bonchev–Trinajstić information content (AvgIpc) is 2.66. The molecule has 0 unspecified atom stereocenters. The molecule has 6 heteroatoms. The molecular formula is C20H26N4O2. The molecule has 0 aliphatic carbocycles. The van der Waals surface area contributed by atoms with Crippen molar-refractivity contribution in [1.29, 1.82) is 0 Å². The van der Waals surface area contributed by atoms with Crippen LogP contribution in [0.5, 0.6) is 5.88 Å². The van der Waals surface area contributed by atoms with Gasteiger partial charge in [-0.25, -0.2) is 0 Å². The van der Waals surface area contributed by atoms with Gasteiger partial charge < -0.3 is 9.64 Å². The van der Waals surface area contributed by atoms with E-state index in [1.807, 2.05) is 17.0 Å². The zero-order valence-corrected chi connectivity index (χ0v) is 15.7. The Kier molecular flexibility index (Phi) is 5.49. The second-order valence-electron chi connectivity index (χ2n) is 7.79. The number of amides is 1. The van der Waals surface area contributed by atoms with Crippen molar-refractivity contribution in [2.45, 2.75) is 39.0 Å². The van der Waals surface area contributed by atoms with Crippen LogP contribution < -0.4 is 4.74 Å². The number of piperidine rings is 1. The maximum atomic E-state index is 12.4. The number of carbonyl (C=O) groups is 1. The van der Waals surface area contributed by atoms with E-state index < -0.39 is 0 Å². The smallest absolute Gasteiger partial charge is 0.253 e. The van der Waals surface area contributed by atoms with Gasteiger partial charge in [-0.2, -0.15) is 5.10 Å². The van der Waals surface area contributed by atoms with Crippen LogP contribution in [0.15, 0.2) is 36.7 Å². The third-order valence-electron chi connectivity index (χ3n) is 4.70. The Morgan fingerprint density at radius 1 is 1.12 bits per heavy atom. The molecule has 2 aromatic heterocycles. The third-order valence-corrected chi connectivity index (χ3v) is 4.70. The first-order chi connectivity index (χ1) is 12.4. The summed E-state index contributed by atoms with van der Waals surface area (Å²) in [5.41, 5.74) is 1.64. The molecule has 0 aromatic carbocycles. The van der Waals surface area contributed by atoms with Crippen molar-refractivity contribution >= 4 is 5.91 Å². The molecule has 1 saturated heterocycles. The Morgan fingerprint density at radius 3 is 2.38 bits per heavy atom. The first kappa shape index (κ1) is 18.3. The van der Waals surface area contributed by atoms with Crippen LogP contribution in [0.4, 0.5) is 0 Å². The van der Waals surface area contributed by atoms with Crippen LogP contribution in [-0.2, 0) is 5.41 Å². The van der Waals surface area contributed by atoms with Crippen molar-refractivity contribution < 1.29 is 9.53 Å². The van der Waals surface area contributed by atoms with E-state index in [0.717, 1.165) is 31.6 Å². The summed E-state index contributed by atoms with van der Waals surface area (Å²) in [4.78, 5) is 18.3. The molecule has 26 heavy (non-hydrogen) atoms. The molecule has 3 rings (SSSR count). The van der Waals surface area contributed by atoms with Gasteiger partial charge in [-0.3, -0.25) is 9.78 Å². The lowest BCUT2D eigenvalue weighted by atomic mass is 9.92. The molecule has 1 amide bonds. The zero-order chi connectivity index (χ0) is 18.6. The highest BCUT2D eigenvalue weighted by Gasteiger charge is 2.24. The Hall–Kier alpha value is -2.50. The van der Waals surface area contributed by atoms with Gasteiger partial charge in [-0.05, 0) is 37.0 Å². The lowest BCUT2D eigenvalue weighted by Gasteiger charge is -2.31. The second-order valence-corrected chi connectivity index (χ2v) is 7.79. The van der Waals surface area contributed by atoms with Crippen LogP contribution in [-0.4, -0.2) is 45.7 Å². The van der Waals surface area contributed by atoms with E-state index in [0.29, 0.717) is 24.0 Å². The van der Waals surface area contributed by atoms with Crippen molar-refractivity contribution in [2.75, 3.05) is 19.7 Å². The summed E-state index contributed by atoms with van der Waals surface area (Å²) in [6.07, 6.45) is 5.17. The monoisotopic (exact) mass is 354 g/mol. The molecule has 0 saturated carbocycles. The first-order valence-corrected chi connectivity index (χ1v) is 9.10. The maximum Gasteiger partial charge on any atom is 0.253 e. The summed E-state index contributed by atoms with van der Waals surface area (Å²) in [6, 6.07) is 7.38. The number of aromatic nitrogens is 3. The van der Waals surface area contributed by atoms with Crippen molar-refractivity contribution in [3.05, 3.63) is 47.9 Å². The highest BCUT2D eigenvalue weighted by atomic mass is 16.5. The standard InChI is InChI=1S/C20H26N4O2/c1-20(2,3)17-4-5-18(23-22-17)26-14-15-8-12-24(13-9-15)19(25)16-6-10-21-11-7-16/h4-7,10-11,15H,8-9,12-14H2,1-3H3. The number of nitrogens with zero attached hydrogens (tertiary/aromatic N) is 4. The number of hydrogen-bond acceptors (Lipinski definition) is 5. The zero-order valence-electron chi connectivity index (χ0n) is 15.7. The fourth-order valence-corrected chi connectivity index (χ4v) is 2.98. The number of pyridine rings is 1. The molecule has 3 heterocycles. The molecular weight excluding hydrogens is 328 g/mol. The van der Waals surface area contributed by atoms with Crippen molar-refractivity contribution in [3.8, 4) is 5.88 Å². The summed E-state index contributed by atoms with van der Waals surface area (Å²) in [7, 11) is 0. The normalized spacial score (nSPS) is 15.7. The van der Waals surface area contributed by atoms with Crippen LogP contribution in [0.1, 0.15) is 49.7 Å². The van der Waals surface area contributed by atoms with E-state index >= 15 is 0 Å². The van der Waals surface area contributed by atoms with E-state index in [2.05, 4.69) is 36.0 Å². The minimum absolute atomic E-state index is 0.0142. The molecule has 1 aliphatic heterocycles. The van der Waals surface area contributed by atoms with Gasteiger partial charge in [0.25, 0.3) is 5.91 Å². The van der Waals surface area contributed by atoms with Crippen molar-refractivity contribution in [2.24, 2.45) is 5.92 Å². The van der Waals surface area contributed by atoms with Gasteiger partial charge in [0.1, 0.15) is 0 Å². The fraction of sp³-hybridized carbons (Fsp3) is 0.500. The van der Waals surface area contributed by atoms with Crippen LogP contribution in [0.25, 0.3) is 0 Å². The molecule has 1 aliphatic rings. The molecule has 0 atom stereocenters. The molecule has 1 fully saturated rings. The van der Waals surface area contributed by atoms with Crippen LogP contribution in [0.3, 0.4) is 0 Å². The topological polar surface area (TPSA) is 68.2 Å². The molecule has 0 N–H and O–H groups in total. The lowest BCUT2D eigenvalue weighted by Crippen LogP contribution is -2.39. The highest BCUT2D eigenvalue weighted by molar-refractivity contribution is 5.94. The van der Waals surface area contributed by atoms with Gasteiger partial charge in [0.15, 0.2) is 0 Å². The van der Waals surface area contributed by atoms with E-state index in [1.54, 1.807) is 24.5 Å². The fourth-order valence-electron chi connectivity index (χ4n) is 2.98. The van der Waals surface area contributed by atoms with Gasteiger partial charge >= 0.3 is 0 Å². The van der Waals surface area contributed by atoms with E-state index in [1.165, 1.54) is 0 Å². The number of hydrogen-bond donors (Lipinski definition) is 0. The van der Waals surface area contributed by atoms with Crippen molar-refractivity contribution in [1.82, 2.24) is 20.1 Å². The summed E-state index contributed by atoms with van der Waals surface area (Å²) in [6.45, 7) is 8.45. The predicted octanol–water partition coefficient (Wildman–Crippen LogP) is 3.10. The van der Waals surface area contributed by atoms with Gasteiger partial charge in [-0.15, -0.1) is 5.10 Å². The summed E-state index contributed by atoms with van der Waals surface area (Å²) < 4.78 is 5.81. The Morgan fingerprint density at radius 2 is 1.81 bits per heavy atom. The second kappa shape index (κ2) is 7.81. The van der Waals surface area contributed by atoms with E-state index in [4.69, 9.17) is 4.74 Å². The summed E-state index contributed by atoms with van der Waals surface area (Å²) in [5, 5.41) is 8.42. The molecule has 2 aromatic rings. The molecule has 0 spiro atoms. The highest BCUT2D eigenvalue weighted by Crippen LogP contribution is 2.22. The predicted molar refractivity (Wildman–Crippen MR) is 99.1 cm³/mol. The Balaban J connectivity index is 1.46. The summed E-state index contributed by atoms with van der Waals surface area (Å²) in [5.74, 6) is 1.07. The van der Waals surface area contributed by atoms with Crippen LogP contribution >= 0.6 is 0 Å². The first-order valence-electron chi connectivity index (χ1n) is 9.10. The third kappa shape index (κ3) is 4.56. The Labute approximate surface area is 154 Å². The van der Waals surface area contributed by atoms with Gasteiger partial charge in [0, 0.05) is 42.5 Å². The largest absolute Gasteiger partial charge is 0.476 e. The van der Waals surface area contributed by atoms with Gasteiger partial charge in [0.05, 0.1) is 12.3 Å². The lowest BCUT2D eigenvalue weighted by molar-refractivity contribution is 0.0659. The Bertz CT molecular complexity index is 718. The number of rotatable bonds is 4. The minimum Gasteiger partial charge on any atom is -0.476 e. The molecule has 6 nitrogen and oxygen atoms in total. The number of likely N-dealkylation sites (tertiary alicyclic amines) is 1. The molecule has 0 bridgehead atoms. The van der Waals surface area contributed by atoms with Gasteiger partial charge in [0.2, 0.25) is 5.88 Å². The average molecular weight is 354 g/mol. The van der Waals surface area contributed by atoms with E-state index in [9.17, 15) is 4.79 Å². The quantitative estimate of drug-likeness (QED) is 0.844. The van der Waals surface area contributed by atoms with Crippen LogP contribution in [0.2, 0.25) is 0 Å². The number of ether oxygens (including phenoxy) is 1. The molecule has 138 valence electrons. The van der Waals surface area contributed by atoms with E-state index in [-0.39, 0.29) is 11.3 Å². The number of carbonyl (C=O) groups excluding carboxylic acids is 1. The van der Waals surface area contributed by atoms with Crippen LogP contribution in [0, 0.1) is 5.92 Å². The summed E-state index contributed by atoms with van der Waals surface area (Å²) >= 11 is 0. The van der Waals surface area contributed by atoms with Crippen molar-refractivity contribution in [3.63, 3.8) is 0 Å². The molecule has 0 radical (unpaired) electrons.